The number of rotatable bonds is 7. The average molecular weight is 420 g/mol. The van der Waals surface area contributed by atoms with E-state index in [2.05, 4.69) is 4.72 Å². The van der Waals surface area contributed by atoms with Gasteiger partial charge in [0, 0.05) is 10.6 Å². The van der Waals surface area contributed by atoms with E-state index in [0.717, 1.165) is 6.26 Å². The van der Waals surface area contributed by atoms with Crippen LogP contribution in [0.3, 0.4) is 0 Å². The minimum atomic E-state index is -5.39. The molecule has 0 radical (unpaired) electrons. The number of nitrogens with one attached hydrogen (secondary N) is 2. The molecule has 0 fully saturated rings. The summed E-state index contributed by atoms with van der Waals surface area (Å²) in [4.78, 5) is 47.7. The van der Waals surface area contributed by atoms with Crippen LogP contribution in [0.15, 0.2) is 29.2 Å². The number of benzene rings is 1. The summed E-state index contributed by atoms with van der Waals surface area (Å²) in [5.74, 6) is -1.55. The van der Waals surface area contributed by atoms with Gasteiger partial charge in [0.05, 0.1) is 6.26 Å². The number of hydrogen-bond donors (Lipinski definition) is 6. The zero-order valence-corrected chi connectivity index (χ0v) is 15.3. The molecule has 0 unspecified atom stereocenters. The quantitative estimate of drug-likeness (QED) is 0.256. The molecule has 0 heterocycles. The van der Waals surface area contributed by atoms with E-state index in [4.69, 9.17) is 19.6 Å². The van der Waals surface area contributed by atoms with Gasteiger partial charge in [-0.15, -0.1) is 0 Å². The lowest BCUT2D eigenvalue weighted by molar-refractivity contribution is -0.118. The molecule has 0 aliphatic carbocycles. The maximum absolute atomic E-state index is 11.7. The second-order valence-electron chi connectivity index (χ2n) is 4.52. The second-order valence-corrected chi connectivity index (χ2v) is 10.9. The summed E-state index contributed by atoms with van der Waals surface area (Å²) in [7, 11) is -14.3. The predicted octanol–water partition coefficient (Wildman–Crippen LogP) is -0.137. The van der Waals surface area contributed by atoms with E-state index in [1.54, 1.807) is 0 Å². The number of carbonyl (C=O) groups excluding carboxylic acids is 1. The van der Waals surface area contributed by atoms with Gasteiger partial charge in [0.25, 0.3) is 5.91 Å². The molecule has 1 aromatic rings. The first kappa shape index (κ1) is 21.1. The molecular weight excluding hydrogens is 406 g/mol. The van der Waals surface area contributed by atoms with Crippen molar-refractivity contribution >= 4 is 48.8 Å². The van der Waals surface area contributed by atoms with Gasteiger partial charge in [-0.1, -0.05) is 6.07 Å². The second kappa shape index (κ2) is 7.54. The van der Waals surface area contributed by atoms with Gasteiger partial charge in [0.15, 0.2) is 0 Å². The summed E-state index contributed by atoms with van der Waals surface area (Å²) in [6, 6.07) is 5.59. The molecule has 24 heavy (non-hydrogen) atoms. The standard InChI is InChI=1S/C9H14N2O9P2S2/c1-24(19,20)11-6-3-2-4-7(5-6)23-10-8(12)9(21(13,14)15)22(16,17)18/h2-5,9,11H,1H3,(H,10,12)(H2,13,14,15)(H2,16,17,18). The number of amides is 1. The predicted molar refractivity (Wildman–Crippen MR) is 86.8 cm³/mol. The third-order valence-electron chi connectivity index (χ3n) is 2.28. The zero-order chi connectivity index (χ0) is 18.8. The van der Waals surface area contributed by atoms with Crippen molar-refractivity contribution in [1.82, 2.24) is 4.72 Å². The molecule has 0 atom stereocenters. The molecule has 0 bridgehead atoms. The monoisotopic (exact) mass is 420 g/mol. The molecular formula is C9H14N2O9P2S2. The summed E-state index contributed by atoms with van der Waals surface area (Å²) in [6.07, 6.45) is 0.930. The van der Waals surface area contributed by atoms with Crippen LogP contribution in [-0.2, 0) is 23.9 Å². The lowest BCUT2D eigenvalue weighted by atomic mass is 10.3. The number of hydrogen-bond acceptors (Lipinski definition) is 6. The Labute approximate surface area is 141 Å². The van der Waals surface area contributed by atoms with E-state index in [0.29, 0.717) is 11.9 Å². The summed E-state index contributed by atoms with van der Waals surface area (Å²) < 4.78 is 48.5. The minimum absolute atomic E-state index is 0.165. The fraction of sp³-hybridized carbons (Fsp3) is 0.222. The van der Waals surface area contributed by atoms with Crippen LogP contribution in [0.5, 0.6) is 0 Å². The largest absolute Gasteiger partial charge is 0.350 e. The molecule has 0 aliphatic heterocycles. The Morgan fingerprint density at radius 1 is 1.17 bits per heavy atom. The van der Waals surface area contributed by atoms with E-state index in [-0.39, 0.29) is 10.6 Å². The van der Waals surface area contributed by atoms with Crippen LogP contribution in [0.4, 0.5) is 5.69 Å². The van der Waals surface area contributed by atoms with E-state index < -0.39 is 36.5 Å². The van der Waals surface area contributed by atoms with Crippen molar-refractivity contribution < 1.29 is 41.9 Å². The Hall–Kier alpha value is -0.910. The molecule has 0 saturated carbocycles. The normalized spacial score (nSPS) is 12.9. The SMILES string of the molecule is CS(=O)(=O)Nc1cccc(SNC(=O)C(P(=O)(O)O)P(=O)(O)O)c1. The lowest BCUT2D eigenvalue weighted by Crippen LogP contribution is -2.30. The fourth-order valence-corrected chi connectivity index (χ4v) is 5.21. The van der Waals surface area contributed by atoms with Gasteiger partial charge in [0.1, 0.15) is 0 Å². The van der Waals surface area contributed by atoms with Gasteiger partial charge in [-0.2, -0.15) is 0 Å². The van der Waals surface area contributed by atoms with E-state index in [9.17, 15) is 22.3 Å². The molecule has 0 aliphatic rings. The first-order valence-electron chi connectivity index (χ1n) is 5.85. The van der Waals surface area contributed by atoms with Gasteiger partial charge < -0.3 is 19.6 Å². The van der Waals surface area contributed by atoms with Gasteiger partial charge >= 0.3 is 15.2 Å². The fourth-order valence-electron chi connectivity index (χ4n) is 1.50. The third kappa shape index (κ3) is 6.91. The molecule has 1 aromatic carbocycles. The smallest absolute Gasteiger partial charge is 0.323 e. The van der Waals surface area contributed by atoms with Crippen molar-refractivity contribution in [2.75, 3.05) is 11.0 Å². The highest BCUT2D eigenvalue weighted by Crippen LogP contribution is 2.59. The zero-order valence-electron chi connectivity index (χ0n) is 11.9. The average Bonchev–Trinajstić information content (AvgIpc) is 2.31. The first-order valence-corrected chi connectivity index (χ1v) is 11.9. The van der Waals surface area contributed by atoms with Crippen LogP contribution >= 0.6 is 27.1 Å². The van der Waals surface area contributed by atoms with E-state index in [1.165, 1.54) is 24.3 Å². The molecule has 0 saturated heterocycles. The van der Waals surface area contributed by atoms with Gasteiger partial charge in [0.2, 0.25) is 15.4 Å². The Kier molecular flexibility index (Phi) is 6.64. The third-order valence-corrected chi connectivity index (χ3v) is 7.23. The lowest BCUT2D eigenvalue weighted by Gasteiger charge is -2.18. The molecule has 11 nitrogen and oxygen atoms in total. The Balaban J connectivity index is 2.89. The van der Waals surface area contributed by atoms with Crippen molar-refractivity contribution in [3.8, 4) is 0 Å². The Morgan fingerprint density at radius 2 is 1.71 bits per heavy atom. The topological polar surface area (TPSA) is 190 Å². The van der Waals surface area contributed by atoms with Crippen LogP contribution in [0, 0.1) is 0 Å². The Bertz CT molecular complexity index is 794. The summed E-state index contributed by atoms with van der Waals surface area (Å²) in [5, 5.41) is -2.82. The van der Waals surface area contributed by atoms with Crippen LogP contribution < -0.4 is 9.44 Å². The highest BCUT2D eigenvalue weighted by molar-refractivity contribution is 7.98. The molecule has 6 N–H and O–H groups in total. The molecule has 0 aromatic heterocycles. The number of carbonyl (C=O) groups is 1. The van der Waals surface area contributed by atoms with Crippen LogP contribution in [-0.4, -0.2) is 45.6 Å². The van der Waals surface area contributed by atoms with Crippen molar-refractivity contribution in [3.05, 3.63) is 24.3 Å². The summed E-state index contributed by atoms with van der Waals surface area (Å²) >= 11 is 0.508. The van der Waals surface area contributed by atoms with Crippen molar-refractivity contribution in [1.29, 1.82) is 0 Å². The highest BCUT2D eigenvalue weighted by atomic mass is 32.2. The minimum Gasteiger partial charge on any atom is -0.323 e. The van der Waals surface area contributed by atoms with Crippen molar-refractivity contribution in [2.24, 2.45) is 0 Å². The molecule has 136 valence electrons. The van der Waals surface area contributed by atoms with E-state index >= 15 is 0 Å². The van der Waals surface area contributed by atoms with Gasteiger partial charge in [-0.25, -0.2) is 8.42 Å². The number of anilines is 1. The Morgan fingerprint density at radius 3 is 2.17 bits per heavy atom. The van der Waals surface area contributed by atoms with Crippen LogP contribution in [0.25, 0.3) is 0 Å². The summed E-state index contributed by atoms with van der Waals surface area (Å²) in [6.45, 7) is 0. The van der Waals surface area contributed by atoms with Crippen molar-refractivity contribution in [2.45, 2.75) is 10.3 Å². The van der Waals surface area contributed by atoms with Crippen molar-refractivity contribution in [3.63, 3.8) is 0 Å². The molecule has 15 heteroatoms. The number of sulfonamides is 1. The summed E-state index contributed by atoms with van der Waals surface area (Å²) in [5.41, 5.74) is 0.165. The first-order chi connectivity index (χ1) is 10.7. The van der Waals surface area contributed by atoms with Gasteiger partial charge in [-0.05, 0) is 30.1 Å². The van der Waals surface area contributed by atoms with Gasteiger partial charge in [-0.3, -0.25) is 23.4 Å². The molecule has 1 rings (SSSR count). The van der Waals surface area contributed by atoms with Crippen LogP contribution in [0.1, 0.15) is 0 Å². The highest BCUT2D eigenvalue weighted by Gasteiger charge is 2.49. The molecule has 1 amide bonds. The maximum atomic E-state index is 11.7. The van der Waals surface area contributed by atoms with Crippen LogP contribution in [0.2, 0.25) is 0 Å². The maximum Gasteiger partial charge on any atom is 0.350 e. The van der Waals surface area contributed by atoms with E-state index in [1.807, 2.05) is 4.72 Å². The molecule has 0 spiro atoms.